The highest BCUT2D eigenvalue weighted by Crippen LogP contribution is 2.36. The van der Waals surface area contributed by atoms with Crippen LogP contribution in [0.5, 0.6) is 0 Å². The van der Waals surface area contributed by atoms with Gasteiger partial charge in [0.05, 0.1) is 4.75 Å². The van der Waals surface area contributed by atoms with E-state index in [0.717, 1.165) is 14.7 Å². The van der Waals surface area contributed by atoms with Gasteiger partial charge in [-0.1, -0.05) is 71.9 Å². The zero-order valence-corrected chi connectivity index (χ0v) is 21.1. The van der Waals surface area contributed by atoms with Crippen molar-refractivity contribution in [1.29, 1.82) is 0 Å². The van der Waals surface area contributed by atoms with E-state index in [4.69, 9.17) is 0 Å². The molecule has 0 aliphatic rings. The zero-order chi connectivity index (χ0) is 24.1. The van der Waals surface area contributed by atoms with Crippen LogP contribution in [0.3, 0.4) is 0 Å². The van der Waals surface area contributed by atoms with Crippen LogP contribution in [0.15, 0.2) is 118 Å². The highest BCUT2D eigenvalue weighted by molar-refractivity contribution is 8.01. The molecule has 4 rings (SSSR count). The average Bonchev–Trinajstić information content (AvgIpc) is 2.86. The number of aryl methyl sites for hydroxylation is 1. The summed E-state index contributed by atoms with van der Waals surface area (Å²) in [6, 6.07) is 33.0. The molecule has 0 saturated heterocycles. The minimum absolute atomic E-state index is 0.0196. The molecule has 0 aromatic heterocycles. The van der Waals surface area contributed by atoms with E-state index in [9.17, 15) is 9.59 Å². The summed E-state index contributed by atoms with van der Waals surface area (Å²) in [4.78, 5) is 28.9. The molecular formula is C30H26O2S2. The first-order valence-electron chi connectivity index (χ1n) is 11.1. The molecule has 4 aromatic carbocycles. The molecule has 0 atom stereocenters. The fourth-order valence-corrected chi connectivity index (χ4v) is 5.42. The quantitative estimate of drug-likeness (QED) is 0.187. The van der Waals surface area contributed by atoms with Gasteiger partial charge in [0, 0.05) is 31.4 Å². The van der Waals surface area contributed by atoms with Crippen LogP contribution in [0.25, 0.3) is 0 Å². The molecule has 34 heavy (non-hydrogen) atoms. The predicted octanol–water partition coefficient (Wildman–Crippen LogP) is 8.13. The Kier molecular flexibility index (Phi) is 7.40. The summed E-state index contributed by atoms with van der Waals surface area (Å²) in [5, 5.41) is 0. The number of carbonyl (C=O) groups is 2. The standard InChI is InChI=1S/C30H26O2S2/c1-21-9-15-27(16-10-21)34-30(2,3)29(32)24-13-19-26(20-14-24)33-25-17-11-23(12-18-25)28(31)22-7-5-4-6-8-22/h4-20H,1-3H3. The SMILES string of the molecule is Cc1ccc(SC(C)(C)C(=O)c2ccc(Sc3ccc(C(=O)c4ccccc4)cc3)cc2)cc1. The molecule has 0 N–H and O–H groups in total. The van der Waals surface area contributed by atoms with Crippen molar-refractivity contribution in [2.24, 2.45) is 0 Å². The topological polar surface area (TPSA) is 34.1 Å². The van der Waals surface area contributed by atoms with Gasteiger partial charge in [-0.2, -0.15) is 0 Å². The van der Waals surface area contributed by atoms with Crippen LogP contribution >= 0.6 is 23.5 Å². The van der Waals surface area contributed by atoms with E-state index in [1.807, 2.05) is 92.7 Å². The summed E-state index contributed by atoms with van der Waals surface area (Å²) in [7, 11) is 0. The highest BCUT2D eigenvalue weighted by atomic mass is 32.2. The molecule has 0 saturated carbocycles. The number of thioether (sulfide) groups is 1. The van der Waals surface area contributed by atoms with E-state index >= 15 is 0 Å². The fraction of sp³-hybridized carbons (Fsp3) is 0.133. The molecule has 0 spiro atoms. The lowest BCUT2D eigenvalue weighted by Crippen LogP contribution is -2.27. The summed E-state index contributed by atoms with van der Waals surface area (Å²) in [6.07, 6.45) is 0. The van der Waals surface area contributed by atoms with E-state index in [2.05, 4.69) is 31.2 Å². The number of hydrogen-bond acceptors (Lipinski definition) is 4. The maximum atomic E-state index is 13.2. The zero-order valence-electron chi connectivity index (χ0n) is 19.4. The van der Waals surface area contributed by atoms with Crippen molar-refractivity contribution in [1.82, 2.24) is 0 Å². The lowest BCUT2D eigenvalue weighted by Gasteiger charge is -2.23. The van der Waals surface area contributed by atoms with Gasteiger partial charge in [-0.15, -0.1) is 11.8 Å². The van der Waals surface area contributed by atoms with Crippen molar-refractivity contribution in [3.05, 3.63) is 125 Å². The number of Topliss-reactive ketones (excluding diaryl/α,β-unsaturated/α-hetero) is 1. The first-order chi connectivity index (χ1) is 16.3. The average molecular weight is 483 g/mol. The van der Waals surface area contributed by atoms with Gasteiger partial charge in [0.1, 0.15) is 0 Å². The molecule has 4 aromatic rings. The van der Waals surface area contributed by atoms with Gasteiger partial charge in [0.2, 0.25) is 0 Å². The second kappa shape index (κ2) is 10.5. The Bertz CT molecular complexity index is 1270. The molecule has 0 radical (unpaired) electrons. The molecule has 0 heterocycles. The van der Waals surface area contributed by atoms with Crippen molar-refractivity contribution in [3.63, 3.8) is 0 Å². The molecule has 0 unspecified atom stereocenters. The first kappa shape index (κ1) is 24.1. The number of benzene rings is 4. The molecule has 0 bridgehead atoms. The summed E-state index contributed by atoms with van der Waals surface area (Å²) in [5.41, 5.74) is 3.27. The van der Waals surface area contributed by atoms with Crippen molar-refractivity contribution in [2.75, 3.05) is 0 Å². The Labute approximate surface area is 209 Å². The predicted molar refractivity (Wildman–Crippen MR) is 142 cm³/mol. The van der Waals surface area contributed by atoms with Gasteiger partial charge in [-0.05, 0) is 69.3 Å². The van der Waals surface area contributed by atoms with Crippen LogP contribution in [0.4, 0.5) is 0 Å². The fourth-order valence-electron chi connectivity index (χ4n) is 3.54. The third-order valence-corrected chi connectivity index (χ3v) is 7.66. The van der Waals surface area contributed by atoms with E-state index in [1.165, 1.54) is 5.56 Å². The smallest absolute Gasteiger partial charge is 0.193 e. The Balaban J connectivity index is 1.41. The van der Waals surface area contributed by atoms with Gasteiger partial charge in [-0.25, -0.2) is 0 Å². The van der Waals surface area contributed by atoms with Crippen LogP contribution in [-0.2, 0) is 0 Å². The molecule has 0 amide bonds. The second-order valence-corrected chi connectivity index (χ2v) is 11.4. The minimum atomic E-state index is -0.564. The highest BCUT2D eigenvalue weighted by Gasteiger charge is 2.30. The van der Waals surface area contributed by atoms with Gasteiger partial charge >= 0.3 is 0 Å². The van der Waals surface area contributed by atoms with E-state index in [1.54, 1.807) is 23.5 Å². The van der Waals surface area contributed by atoms with Crippen LogP contribution in [0.2, 0.25) is 0 Å². The van der Waals surface area contributed by atoms with Gasteiger partial charge in [0.25, 0.3) is 0 Å². The maximum Gasteiger partial charge on any atom is 0.193 e. The molecule has 0 aliphatic carbocycles. The Hall–Kier alpha value is -3.08. The van der Waals surface area contributed by atoms with Gasteiger partial charge in [0.15, 0.2) is 11.6 Å². The molecule has 4 heteroatoms. The largest absolute Gasteiger partial charge is 0.293 e. The van der Waals surface area contributed by atoms with Crippen LogP contribution in [-0.4, -0.2) is 16.3 Å². The molecular weight excluding hydrogens is 456 g/mol. The lowest BCUT2D eigenvalue weighted by atomic mass is 10.0. The third kappa shape index (κ3) is 5.88. The Morgan fingerprint density at radius 3 is 1.62 bits per heavy atom. The Morgan fingerprint density at radius 1 is 0.588 bits per heavy atom. The Morgan fingerprint density at radius 2 is 1.06 bits per heavy atom. The number of hydrogen-bond donors (Lipinski definition) is 0. The summed E-state index contributed by atoms with van der Waals surface area (Å²) in [6.45, 7) is 6.00. The third-order valence-electron chi connectivity index (χ3n) is 5.45. The minimum Gasteiger partial charge on any atom is -0.293 e. The molecule has 0 aliphatic heterocycles. The summed E-state index contributed by atoms with van der Waals surface area (Å²) in [5.74, 6) is 0.129. The van der Waals surface area contributed by atoms with Crippen molar-refractivity contribution >= 4 is 35.1 Å². The van der Waals surface area contributed by atoms with Crippen LogP contribution in [0, 0.1) is 6.92 Å². The first-order valence-corrected chi connectivity index (χ1v) is 12.7. The van der Waals surface area contributed by atoms with E-state index in [-0.39, 0.29) is 11.6 Å². The number of carbonyl (C=O) groups excluding carboxylic acids is 2. The number of ketones is 2. The van der Waals surface area contributed by atoms with Crippen molar-refractivity contribution in [3.8, 4) is 0 Å². The van der Waals surface area contributed by atoms with Crippen LogP contribution in [0.1, 0.15) is 45.7 Å². The molecule has 2 nitrogen and oxygen atoms in total. The van der Waals surface area contributed by atoms with Crippen molar-refractivity contribution in [2.45, 2.75) is 40.2 Å². The van der Waals surface area contributed by atoms with Crippen molar-refractivity contribution < 1.29 is 9.59 Å². The molecule has 170 valence electrons. The van der Waals surface area contributed by atoms with Crippen LogP contribution < -0.4 is 0 Å². The number of rotatable bonds is 8. The van der Waals surface area contributed by atoms with Gasteiger partial charge < -0.3 is 0 Å². The van der Waals surface area contributed by atoms with Gasteiger partial charge in [-0.3, -0.25) is 9.59 Å². The second-order valence-electron chi connectivity index (χ2n) is 8.60. The monoisotopic (exact) mass is 482 g/mol. The van der Waals surface area contributed by atoms with E-state index < -0.39 is 4.75 Å². The summed E-state index contributed by atoms with van der Waals surface area (Å²) >= 11 is 3.19. The summed E-state index contributed by atoms with van der Waals surface area (Å²) < 4.78 is -0.564. The maximum absolute atomic E-state index is 13.2. The normalized spacial score (nSPS) is 11.3. The molecule has 0 fully saturated rings. The lowest BCUT2D eigenvalue weighted by molar-refractivity contribution is 0.0957. The van der Waals surface area contributed by atoms with E-state index in [0.29, 0.717) is 16.7 Å².